The number of aryl methyl sites for hydroxylation is 1. The van der Waals surface area contributed by atoms with Crippen LogP contribution in [0.4, 0.5) is 5.69 Å². The fourth-order valence-electron chi connectivity index (χ4n) is 1.82. The zero-order valence-corrected chi connectivity index (χ0v) is 13.6. The first-order valence-corrected chi connectivity index (χ1v) is 7.49. The van der Waals surface area contributed by atoms with E-state index >= 15 is 0 Å². The maximum absolute atomic E-state index is 12.3. The summed E-state index contributed by atoms with van der Waals surface area (Å²) in [6.07, 6.45) is 0. The van der Waals surface area contributed by atoms with E-state index in [0.717, 1.165) is 20.6 Å². The molecule has 4 heteroatoms. The van der Waals surface area contributed by atoms with Gasteiger partial charge in [-0.3, -0.25) is 4.79 Å². The van der Waals surface area contributed by atoms with Gasteiger partial charge < -0.3 is 10.1 Å². The van der Waals surface area contributed by atoms with Crippen molar-refractivity contribution in [1.82, 2.24) is 0 Å². The second-order valence-corrected chi connectivity index (χ2v) is 5.43. The number of ether oxygens (including phenoxy) is 1. The van der Waals surface area contributed by atoms with Gasteiger partial charge in [-0.25, -0.2) is 0 Å². The second-order valence-electron chi connectivity index (χ2n) is 4.35. The summed E-state index contributed by atoms with van der Waals surface area (Å²) in [5, 5.41) is 2.90. The molecule has 0 atom stereocenters. The van der Waals surface area contributed by atoms with Gasteiger partial charge in [-0.15, -0.1) is 0 Å². The van der Waals surface area contributed by atoms with Crippen molar-refractivity contribution in [2.75, 3.05) is 11.9 Å². The zero-order chi connectivity index (χ0) is 14.5. The quantitative estimate of drug-likeness (QED) is 0.805. The number of anilines is 1. The molecule has 1 amide bonds. The number of nitrogens with one attached hydrogen (secondary N) is 1. The molecule has 0 saturated carbocycles. The highest BCUT2D eigenvalue weighted by molar-refractivity contribution is 14.1. The van der Waals surface area contributed by atoms with Crippen molar-refractivity contribution < 1.29 is 9.53 Å². The Labute approximate surface area is 132 Å². The number of carbonyl (C=O) groups excluding carboxylic acids is 1. The van der Waals surface area contributed by atoms with Gasteiger partial charge in [0, 0.05) is 9.26 Å². The van der Waals surface area contributed by atoms with Gasteiger partial charge in [-0.2, -0.15) is 0 Å². The molecule has 2 aromatic rings. The van der Waals surface area contributed by atoms with E-state index in [1.54, 1.807) is 0 Å². The van der Waals surface area contributed by atoms with Crippen LogP contribution in [-0.4, -0.2) is 12.5 Å². The highest BCUT2D eigenvalue weighted by Crippen LogP contribution is 2.20. The van der Waals surface area contributed by atoms with Crippen LogP contribution in [0.3, 0.4) is 0 Å². The number of amides is 1. The van der Waals surface area contributed by atoms with Crippen molar-refractivity contribution >= 4 is 34.2 Å². The molecule has 1 N–H and O–H groups in total. The summed E-state index contributed by atoms with van der Waals surface area (Å²) in [5.74, 6) is 0.706. The molecule has 0 spiro atoms. The third-order valence-corrected chi connectivity index (χ3v) is 4.29. The summed E-state index contributed by atoms with van der Waals surface area (Å²) >= 11 is 2.20. The van der Waals surface area contributed by atoms with Gasteiger partial charge in [0.1, 0.15) is 5.75 Å². The molecule has 0 fully saturated rings. The molecule has 20 heavy (non-hydrogen) atoms. The Balaban J connectivity index is 2.13. The summed E-state index contributed by atoms with van der Waals surface area (Å²) in [6, 6.07) is 13.1. The molecule has 0 heterocycles. The summed E-state index contributed by atoms with van der Waals surface area (Å²) in [7, 11) is 0. The molecule has 0 saturated heterocycles. The van der Waals surface area contributed by atoms with Crippen molar-refractivity contribution in [1.29, 1.82) is 0 Å². The third-order valence-electron chi connectivity index (χ3n) is 2.86. The topological polar surface area (TPSA) is 38.3 Å². The maximum atomic E-state index is 12.3. The van der Waals surface area contributed by atoms with Gasteiger partial charge in [0.15, 0.2) is 0 Å². The molecular weight excluding hydrogens is 365 g/mol. The van der Waals surface area contributed by atoms with Gasteiger partial charge >= 0.3 is 0 Å². The molecule has 0 aliphatic carbocycles. The zero-order valence-electron chi connectivity index (χ0n) is 11.4. The van der Waals surface area contributed by atoms with Gasteiger partial charge in [-0.1, -0.05) is 12.1 Å². The third kappa shape index (κ3) is 3.50. The summed E-state index contributed by atoms with van der Waals surface area (Å²) in [6.45, 7) is 4.57. The molecule has 0 unspecified atom stereocenters. The monoisotopic (exact) mass is 381 g/mol. The minimum absolute atomic E-state index is 0.0951. The molecule has 0 aromatic heterocycles. The number of rotatable bonds is 4. The molecule has 0 radical (unpaired) electrons. The predicted octanol–water partition coefficient (Wildman–Crippen LogP) is 4.25. The summed E-state index contributed by atoms with van der Waals surface area (Å²) in [5.41, 5.74) is 2.56. The van der Waals surface area contributed by atoms with Gasteiger partial charge in [0.2, 0.25) is 0 Å². The van der Waals surface area contributed by atoms with Gasteiger partial charge in [0.05, 0.1) is 12.2 Å². The first kappa shape index (κ1) is 14.8. The maximum Gasteiger partial charge on any atom is 0.256 e. The molecule has 0 aliphatic rings. The largest absolute Gasteiger partial charge is 0.494 e. The minimum Gasteiger partial charge on any atom is -0.494 e. The van der Waals surface area contributed by atoms with E-state index in [2.05, 4.69) is 27.9 Å². The van der Waals surface area contributed by atoms with E-state index in [1.807, 2.05) is 56.3 Å². The lowest BCUT2D eigenvalue weighted by atomic mass is 10.1. The lowest BCUT2D eigenvalue weighted by molar-refractivity contribution is 0.102. The van der Waals surface area contributed by atoms with Crippen LogP contribution in [0.15, 0.2) is 42.5 Å². The molecular formula is C16H16INO2. The lowest BCUT2D eigenvalue weighted by Crippen LogP contribution is -2.13. The SMILES string of the molecule is CCOc1ccc(NC(=O)c2cccc(C)c2I)cc1. The second kappa shape index (κ2) is 6.74. The average molecular weight is 381 g/mol. The Morgan fingerprint density at radius 2 is 1.90 bits per heavy atom. The lowest BCUT2D eigenvalue weighted by Gasteiger charge is -2.09. The van der Waals surface area contributed by atoms with Crippen molar-refractivity contribution in [2.24, 2.45) is 0 Å². The highest BCUT2D eigenvalue weighted by atomic mass is 127. The minimum atomic E-state index is -0.0951. The van der Waals surface area contributed by atoms with E-state index in [1.165, 1.54) is 0 Å². The van der Waals surface area contributed by atoms with Crippen LogP contribution in [0, 0.1) is 10.5 Å². The smallest absolute Gasteiger partial charge is 0.256 e. The van der Waals surface area contributed by atoms with Crippen LogP contribution in [0.5, 0.6) is 5.75 Å². The first-order valence-electron chi connectivity index (χ1n) is 6.41. The van der Waals surface area contributed by atoms with Crippen LogP contribution >= 0.6 is 22.6 Å². The van der Waals surface area contributed by atoms with Crippen LogP contribution < -0.4 is 10.1 Å². The van der Waals surface area contributed by atoms with Crippen LogP contribution in [0.25, 0.3) is 0 Å². The van der Waals surface area contributed by atoms with Crippen molar-refractivity contribution in [3.63, 3.8) is 0 Å². The molecule has 0 aliphatic heterocycles. The highest BCUT2D eigenvalue weighted by Gasteiger charge is 2.11. The first-order chi connectivity index (χ1) is 9.61. The molecule has 3 nitrogen and oxygen atoms in total. The van der Waals surface area contributed by atoms with Crippen molar-refractivity contribution in [3.8, 4) is 5.75 Å². The molecule has 104 valence electrons. The van der Waals surface area contributed by atoms with Gasteiger partial charge in [-0.05, 0) is 72.3 Å². The fourth-order valence-corrected chi connectivity index (χ4v) is 2.43. The van der Waals surface area contributed by atoms with E-state index in [0.29, 0.717) is 12.2 Å². The molecule has 2 aromatic carbocycles. The number of hydrogen-bond acceptors (Lipinski definition) is 2. The summed E-state index contributed by atoms with van der Waals surface area (Å²) < 4.78 is 6.35. The Morgan fingerprint density at radius 1 is 1.20 bits per heavy atom. The normalized spacial score (nSPS) is 10.2. The van der Waals surface area contributed by atoms with E-state index < -0.39 is 0 Å². The average Bonchev–Trinajstić information content (AvgIpc) is 2.44. The van der Waals surface area contributed by atoms with Crippen molar-refractivity contribution in [2.45, 2.75) is 13.8 Å². The van der Waals surface area contributed by atoms with Crippen LogP contribution in [0.1, 0.15) is 22.8 Å². The Hall–Kier alpha value is -1.56. The molecule has 0 bridgehead atoms. The number of hydrogen-bond donors (Lipinski definition) is 1. The molecule has 2 rings (SSSR count). The van der Waals surface area contributed by atoms with E-state index in [4.69, 9.17) is 4.74 Å². The van der Waals surface area contributed by atoms with Crippen molar-refractivity contribution in [3.05, 3.63) is 57.2 Å². The van der Waals surface area contributed by atoms with E-state index in [9.17, 15) is 4.79 Å². The standard InChI is InChI=1S/C16H16INO2/c1-3-20-13-9-7-12(8-10-13)18-16(19)14-6-4-5-11(2)15(14)17/h4-10H,3H2,1-2H3,(H,18,19). The van der Waals surface area contributed by atoms with E-state index in [-0.39, 0.29) is 5.91 Å². The van der Waals surface area contributed by atoms with Crippen LogP contribution in [-0.2, 0) is 0 Å². The number of halogens is 1. The van der Waals surface area contributed by atoms with Crippen LogP contribution in [0.2, 0.25) is 0 Å². The van der Waals surface area contributed by atoms with Gasteiger partial charge in [0.25, 0.3) is 5.91 Å². The number of carbonyl (C=O) groups is 1. The predicted molar refractivity (Wildman–Crippen MR) is 89.5 cm³/mol. The Kier molecular flexibility index (Phi) is 5.00. The Bertz CT molecular complexity index is 608. The Morgan fingerprint density at radius 3 is 2.55 bits per heavy atom. The fraction of sp³-hybridized carbons (Fsp3) is 0.188. The summed E-state index contributed by atoms with van der Waals surface area (Å²) in [4.78, 5) is 12.3. The number of benzene rings is 2.